The van der Waals surface area contributed by atoms with Crippen LogP contribution < -0.4 is 0 Å². The van der Waals surface area contributed by atoms with Gasteiger partial charge >= 0.3 is 6.09 Å². The van der Waals surface area contributed by atoms with Gasteiger partial charge in [0.25, 0.3) is 0 Å². The van der Waals surface area contributed by atoms with Crippen molar-refractivity contribution < 1.29 is 9.53 Å². The lowest BCUT2D eigenvalue weighted by Crippen LogP contribution is -2.49. The summed E-state index contributed by atoms with van der Waals surface area (Å²) in [5.41, 5.74) is 1.24. The van der Waals surface area contributed by atoms with E-state index in [1.807, 2.05) is 25.1 Å². The first kappa shape index (κ1) is 12.9. The Morgan fingerprint density at radius 3 is 2.72 bits per heavy atom. The molecule has 1 aliphatic heterocycles. The quantitative estimate of drug-likeness (QED) is 0.804. The first-order valence-electron chi connectivity index (χ1n) is 6.39. The Kier molecular flexibility index (Phi) is 4.20. The monoisotopic (exact) mass is 248 g/mol. The Bertz CT molecular complexity index is 394. The highest BCUT2D eigenvalue weighted by molar-refractivity contribution is 5.67. The number of likely N-dealkylation sites (N-methyl/N-ethyl adjacent to an activating group) is 1. The SMILES string of the molecule is CCOC(=O)N1CCN(C)C(c2ccccc2)C1. The lowest BCUT2D eigenvalue weighted by atomic mass is 10.0. The van der Waals surface area contributed by atoms with E-state index in [0.29, 0.717) is 13.2 Å². The topological polar surface area (TPSA) is 32.8 Å². The molecule has 0 aromatic heterocycles. The third-order valence-corrected chi connectivity index (χ3v) is 3.36. The Morgan fingerprint density at radius 2 is 2.06 bits per heavy atom. The Labute approximate surface area is 108 Å². The zero-order valence-corrected chi connectivity index (χ0v) is 11.0. The van der Waals surface area contributed by atoms with Crippen molar-refractivity contribution in [2.75, 3.05) is 33.3 Å². The summed E-state index contributed by atoms with van der Waals surface area (Å²) in [6.07, 6.45) is -0.202. The molecule has 1 fully saturated rings. The molecule has 1 amide bonds. The number of rotatable bonds is 2. The number of hydrogen-bond acceptors (Lipinski definition) is 3. The lowest BCUT2D eigenvalue weighted by Gasteiger charge is -2.39. The highest BCUT2D eigenvalue weighted by Crippen LogP contribution is 2.23. The molecular weight excluding hydrogens is 228 g/mol. The van der Waals surface area contributed by atoms with Crippen LogP contribution in [-0.4, -0.2) is 49.2 Å². The zero-order chi connectivity index (χ0) is 13.0. The first-order chi connectivity index (χ1) is 8.72. The van der Waals surface area contributed by atoms with Crippen LogP contribution in [0, 0.1) is 0 Å². The molecule has 1 aromatic rings. The second-order valence-electron chi connectivity index (χ2n) is 4.55. The normalized spacial score (nSPS) is 20.8. The number of carbonyl (C=O) groups excluding carboxylic acids is 1. The minimum Gasteiger partial charge on any atom is -0.450 e. The highest BCUT2D eigenvalue weighted by atomic mass is 16.6. The van der Waals surface area contributed by atoms with Gasteiger partial charge in [-0.1, -0.05) is 30.3 Å². The number of carbonyl (C=O) groups is 1. The molecule has 0 bridgehead atoms. The molecule has 1 heterocycles. The van der Waals surface area contributed by atoms with Crippen LogP contribution >= 0.6 is 0 Å². The van der Waals surface area contributed by atoms with Crippen LogP contribution in [0.5, 0.6) is 0 Å². The molecule has 0 spiro atoms. The van der Waals surface area contributed by atoms with E-state index in [-0.39, 0.29) is 12.1 Å². The summed E-state index contributed by atoms with van der Waals surface area (Å²) in [5.74, 6) is 0. The number of benzene rings is 1. The van der Waals surface area contributed by atoms with Gasteiger partial charge in [0.1, 0.15) is 0 Å². The van der Waals surface area contributed by atoms with Gasteiger partial charge < -0.3 is 9.64 Å². The van der Waals surface area contributed by atoms with Crippen LogP contribution in [0.3, 0.4) is 0 Å². The molecule has 1 atom stereocenters. The fraction of sp³-hybridized carbons (Fsp3) is 0.500. The predicted octanol–water partition coefficient (Wildman–Crippen LogP) is 2.13. The molecular formula is C14H20N2O2. The number of nitrogens with zero attached hydrogens (tertiary/aromatic N) is 2. The molecule has 98 valence electrons. The van der Waals surface area contributed by atoms with Crippen molar-refractivity contribution in [3.63, 3.8) is 0 Å². The zero-order valence-electron chi connectivity index (χ0n) is 11.0. The van der Waals surface area contributed by atoms with Crippen LogP contribution in [0.2, 0.25) is 0 Å². The summed E-state index contributed by atoms with van der Waals surface area (Å²) in [4.78, 5) is 15.8. The summed E-state index contributed by atoms with van der Waals surface area (Å²) in [6, 6.07) is 10.5. The highest BCUT2D eigenvalue weighted by Gasteiger charge is 2.28. The van der Waals surface area contributed by atoms with E-state index in [1.54, 1.807) is 4.90 Å². The molecule has 1 saturated heterocycles. The van der Waals surface area contributed by atoms with Gasteiger partial charge in [-0.25, -0.2) is 4.79 Å². The molecule has 1 unspecified atom stereocenters. The summed E-state index contributed by atoms with van der Waals surface area (Å²) in [6.45, 7) is 4.57. The second kappa shape index (κ2) is 5.87. The summed E-state index contributed by atoms with van der Waals surface area (Å²) >= 11 is 0. The van der Waals surface area contributed by atoms with E-state index >= 15 is 0 Å². The lowest BCUT2D eigenvalue weighted by molar-refractivity contribution is 0.0629. The van der Waals surface area contributed by atoms with Gasteiger partial charge in [-0.05, 0) is 19.5 Å². The van der Waals surface area contributed by atoms with E-state index in [0.717, 1.165) is 13.1 Å². The number of piperazine rings is 1. The first-order valence-corrected chi connectivity index (χ1v) is 6.39. The maximum Gasteiger partial charge on any atom is 0.409 e. The molecule has 0 saturated carbocycles. The molecule has 0 radical (unpaired) electrons. The molecule has 2 rings (SSSR count). The Hall–Kier alpha value is -1.55. The predicted molar refractivity (Wildman–Crippen MR) is 70.4 cm³/mol. The summed E-state index contributed by atoms with van der Waals surface area (Å²) in [5, 5.41) is 0. The van der Waals surface area contributed by atoms with Gasteiger partial charge in [-0.3, -0.25) is 4.90 Å². The van der Waals surface area contributed by atoms with Gasteiger partial charge in [0.2, 0.25) is 0 Å². The Morgan fingerprint density at radius 1 is 1.33 bits per heavy atom. The molecule has 1 aromatic carbocycles. The van der Waals surface area contributed by atoms with E-state index in [2.05, 4.69) is 24.1 Å². The van der Waals surface area contributed by atoms with Crippen molar-refractivity contribution in [2.24, 2.45) is 0 Å². The smallest absolute Gasteiger partial charge is 0.409 e. The van der Waals surface area contributed by atoms with Crippen molar-refractivity contribution >= 4 is 6.09 Å². The Balaban J connectivity index is 2.08. The van der Waals surface area contributed by atoms with Gasteiger partial charge in [0, 0.05) is 19.6 Å². The van der Waals surface area contributed by atoms with Crippen LogP contribution in [0.15, 0.2) is 30.3 Å². The standard InChI is InChI=1S/C14H20N2O2/c1-3-18-14(17)16-10-9-15(2)13(11-16)12-7-5-4-6-8-12/h4-8,13H,3,9-11H2,1-2H3. The van der Waals surface area contributed by atoms with E-state index in [9.17, 15) is 4.79 Å². The summed E-state index contributed by atoms with van der Waals surface area (Å²) < 4.78 is 5.07. The number of hydrogen-bond donors (Lipinski definition) is 0. The van der Waals surface area contributed by atoms with Crippen LogP contribution in [-0.2, 0) is 4.74 Å². The number of ether oxygens (including phenoxy) is 1. The minimum absolute atomic E-state index is 0.202. The average molecular weight is 248 g/mol. The fourth-order valence-electron chi connectivity index (χ4n) is 2.29. The van der Waals surface area contributed by atoms with E-state index in [1.165, 1.54) is 5.56 Å². The second-order valence-corrected chi connectivity index (χ2v) is 4.55. The van der Waals surface area contributed by atoms with Crippen LogP contribution in [0.1, 0.15) is 18.5 Å². The van der Waals surface area contributed by atoms with Crippen molar-refractivity contribution in [2.45, 2.75) is 13.0 Å². The summed E-state index contributed by atoms with van der Waals surface area (Å²) in [7, 11) is 2.10. The number of amides is 1. The maximum absolute atomic E-state index is 11.8. The van der Waals surface area contributed by atoms with Crippen LogP contribution in [0.4, 0.5) is 4.79 Å². The molecule has 18 heavy (non-hydrogen) atoms. The average Bonchev–Trinajstić information content (AvgIpc) is 2.40. The van der Waals surface area contributed by atoms with Crippen molar-refractivity contribution in [1.29, 1.82) is 0 Å². The molecule has 4 nitrogen and oxygen atoms in total. The maximum atomic E-state index is 11.8. The third-order valence-electron chi connectivity index (χ3n) is 3.36. The largest absolute Gasteiger partial charge is 0.450 e. The molecule has 0 N–H and O–H groups in total. The van der Waals surface area contributed by atoms with E-state index < -0.39 is 0 Å². The molecule has 4 heteroatoms. The van der Waals surface area contributed by atoms with Gasteiger partial charge in [-0.15, -0.1) is 0 Å². The van der Waals surface area contributed by atoms with Crippen molar-refractivity contribution in [3.05, 3.63) is 35.9 Å². The van der Waals surface area contributed by atoms with E-state index in [4.69, 9.17) is 4.74 Å². The van der Waals surface area contributed by atoms with Gasteiger partial charge in [-0.2, -0.15) is 0 Å². The third kappa shape index (κ3) is 2.82. The van der Waals surface area contributed by atoms with Crippen LogP contribution in [0.25, 0.3) is 0 Å². The molecule has 1 aliphatic rings. The van der Waals surface area contributed by atoms with Crippen molar-refractivity contribution in [1.82, 2.24) is 9.80 Å². The van der Waals surface area contributed by atoms with Gasteiger partial charge in [0.05, 0.1) is 12.6 Å². The fourth-order valence-corrected chi connectivity index (χ4v) is 2.29. The van der Waals surface area contributed by atoms with Gasteiger partial charge in [0.15, 0.2) is 0 Å². The molecule has 0 aliphatic carbocycles. The van der Waals surface area contributed by atoms with Crippen molar-refractivity contribution in [3.8, 4) is 0 Å². The minimum atomic E-state index is -0.202.